The van der Waals surface area contributed by atoms with Crippen molar-refractivity contribution in [3.8, 4) is 0 Å². The molecule has 0 unspecified atom stereocenters. The number of halogens is 2. The highest BCUT2D eigenvalue weighted by atomic mass is 35.5. The molecule has 1 aromatic carbocycles. The van der Waals surface area contributed by atoms with Gasteiger partial charge in [0.1, 0.15) is 17.6 Å². The number of carbonyl (C=O) groups is 2. The van der Waals surface area contributed by atoms with Gasteiger partial charge in [-0.2, -0.15) is 0 Å². The number of fused-ring (bicyclic) bond motifs is 3. The molecule has 5 rings (SSSR count). The summed E-state index contributed by atoms with van der Waals surface area (Å²) >= 11 is 5.93. The Morgan fingerprint density at radius 3 is 2.76 bits per heavy atom. The molecule has 7 nitrogen and oxygen atoms in total. The van der Waals surface area contributed by atoms with Gasteiger partial charge < -0.3 is 15.0 Å². The van der Waals surface area contributed by atoms with E-state index in [2.05, 4.69) is 15.2 Å². The van der Waals surface area contributed by atoms with E-state index in [1.165, 1.54) is 6.07 Å². The minimum Gasteiger partial charge on any atom is -0.378 e. The first-order valence-electron chi connectivity index (χ1n) is 9.90. The van der Waals surface area contributed by atoms with E-state index in [1.54, 1.807) is 6.07 Å². The number of aromatic nitrogens is 1. The highest BCUT2D eigenvalue weighted by Gasteiger charge is 2.55. The molecule has 2 fully saturated rings. The number of hydrogen-bond acceptors (Lipinski definition) is 4. The quantitative estimate of drug-likeness (QED) is 0.648. The fourth-order valence-corrected chi connectivity index (χ4v) is 4.92. The lowest BCUT2D eigenvalue weighted by Gasteiger charge is -2.34. The molecule has 9 heteroatoms. The van der Waals surface area contributed by atoms with E-state index in [1.807, 2.05) is 11.0 Å². The second-order valence-electron chi connectivity index (χ2n) is 8.26. The number of hydrogen-bond donors (Lipinski definition) is 3. The van der Waals surface area contributed by atoms with E-state index in [0.717, 1.165) is 29.4 Å². The fraction of sp³-hybridized carbons (Fsp3) is 0.500. The molecule has 154 valence electrons. The van der Waals surface area contributed by atoms with Crippen LogP contribution in [0.3, 0.4) is 0 Å². The highest BCUT2D eigenvalue weighted by Crippen LogP contribution is 2.44. The second kappa shape index (κ2) is 6.68. The molecular formula is C20H22ClFN4O3. The van der Waals surface area contributed by atoms with Gasteiger partial charge in [-0.05, 0) is 49.8 Å². The van der Waals surface area contributed by atoms with Crippen LogP contribution in [0.2, 0.25) is 5.02 Å². The summed E-state index contributed by atoms with van der Waals surface area (Å²) in [6.45, 7) is 1.80. The topological polar surface area (TPSA) is 86.6 Å². The SMILES string of the molecule is O=C1NC(=O)[C@](CC[C@H](O)N2CCn3c(cc4cc(F)c(Cl)cc43)C2)(C2CC2)N1. The van der Waals surface area contributed by atoms with E-state index in [-0.39, 0.29) is 16.8 Å². The maximum absolute atomic E-state index is 13.8. The molecule has 3 amide bonds. The number of nitrogens with zero attached hydrogens (tertiary/aromatic N) is 2. The zero-order valence-corrected chi connectivity index (χ0v) is 16.5. The molecular weight excluding hydrogens is 399 g/mol. The van der Waals surface area contributed by atoms with E-state index < -0.39 is 23.6 Å². The minimum atomic E-state index is -0.892. The molecule has 1 aromatic heterocycles. The normalized spacial score (nSPS) is 25.8. The first-order valence-corrected chi connectivity index (χ1v) is 10.3. The van der Waals surface area contributed by atoms with Crippen molar-refractivity contribution in [1.82, 2.24) is 20.1 Å². The summed E-state index contributed by atoms with van der Waals surface area (Å²) in [6, 6.07) is 4.54. The van der Waals surface area contributed by atoms with Gasteiger partial charge in [-0.15, -0.1) is 0 Å². The van der Waals surface area contributed by atoms with Crippen molar-refractivity contribution in [3.05, 3.63) is 34.7 Å². The zero-order chi connectivity index (χ0) is 20.3. The largest absolute Gasteiger partial charge is 0.378 e. The predicted octanol–water partition coefficient (Wildman–Crippen LogP) is 2.34. The number of amides is 3. The van der Waals surface area contributed by atoms with Crippen molar-refractivity contribution in [3.63, 3.8) is 0 Å². The van der Waals surface area contributed by atoms with Crippen LogP contribution in [-0.4, -0.2) is 44.8 Å². The van der Waals surface area contributed by atoms with Crippen molar-refractivity contribution in [2.75, 3.05) is 6.54 Å². The highest BCUT2D eigenvalue weighted by molar-refractivity contribution is 6.31. The fourth-order valence-electron chi connectivity index (χ4n) is 4.77. The van der Waals surface area contributed by atoms with Crippen LogP contribution in [0.1, 0.15) is 31.4 Å². The molecule has 2 aliphatic heterocycles. The molecule has 0 radical (unpaired) electrons. The Bertz CT molecular complexity index is 1020. The number of benzene rings is 1. The number of carbonyl (C=O) groups excluding carboxylic acids is 2. The molecule has 1 aliphatic carbocycles. The summed E-state index contributed by atoms with van der Waals surface area (Å²) < 4.78 is 15.9. The molecule has 0 spiro atoms. The molecule has 3 heterocycles. The number of aliphatic hydroxyl groups excluding tert-OH is 1. The third-order valence-corrected chi connectivity index (χ3v) is 6.76. The van der Waals surface area contributed by atoms with Crippen molar-refractivity contribution < 1.29 is 19.1 Å². The van der Waals surface area contributed by atoms with Crippen LogP contribution in [0.15, 0.2) is 18.2 Å². The lowest BCUT2D eigenvalue weighted by Crippen LogP contribution is -2.50. The first-order chi connectivity index (χ1) is 13.9. The van der Waals surface area contributed by atoms with Crippen molar-refractivity contribution in [2.24, 2.45) is 5.92 Å². The summed E-state index contributed by atoms with van der Waals surface area (Å²) in [5, 5.41) is 16.8. The van der Waals surface area contributed by atoms with E-state index in [0.29, 0.717) is 32.5 Å². The number of rotatable bonds is 5. The Morgan fingerprint density at radius 2 is 2.07 bits per heavy atom. The molecule has 3 aliphatic rings. The lowest BCUT2D eigenvalue weighted by atomic mass is 9.87. The lowest BCUT2D eigenvalue weighted by molar-refractivity contribution is -0.125. The molecule has 1 saturated heterocycles. The number of aliphatic hydroxyl groups is 1. The summed E-state index contributed by atoms with van der Waals surface area (Å²) in [6.07, 6.45) is 1.86. The standard InChI is InChI=1S/C20H22ClFN4O3/c21-14-9-16-11(8-15(14)22)7-13-10-25(5-6-26(13)16)17(27)3-4-20(12-1-2-12)18(28)23-19(29)24-20/h7-9,12,17,27H,1-6,10H2,(H2,23,24,28,29)/t17-,20-/m0/s1. The van der Waals surface area contributed by atoms with Gasteiger partial charge in [-0.1, -0.05) is 11.6 Å². The van der Waals surface area contributed by atoms with Gasteiger partial charge in [-0.3, -0.25) is 15.0 Å². The van der Waals surface area contributed by atoms with Crippen LogP contribution in [0.25, 0.3) is 10.9 Å². The molecule has 2 atom stereocenters. The average Bonchev–Trinajstić information content (AvgIpc) is 3.42. The smallest absolute Gasteiger partial charge is 0.322 e. The maximum atomic E-state index is 13.8. The summed E-state index contributed by atoms with van der Waals surface area (Å²) in [5.41, 5.74) is 0.978. The molecule has 3 N–H and O–H groups in total. The van der Waals surface area contributed by atoms with Crippen molar-refractivity contribution in [2.45, 2.75) is 50.5 Å². The summed E-state index contributed by atoms with van der Waals surface area (Å²) in [4.78, 5) is 26.0. The van der Waals surface area contributed by atoms with Gasteiger partial charge >= 0.3 is 6.03 Å². The van der Waals surface area contributed by atoms with Crippen LogP contribution in [0.5, 0.6) is 0 Å². The van der Waals surface area contributed by atoms with Crippen LogP contribution in [0, 0.1) is 11.7 Å². The van der Waals surface area contributed by atoms with Crippen LogP contribution >= 0.6 is 11.6 Å². The van der Waals surface area contributed by atoms with E-state index in [4.69, 9.17) is 11.6 Å². The first kappa shape index (κ1) is 18.8. The predicted molar refractivity (Wildman–Crippen MR) is 105 cm³/mol. The van der Waals surface area contributed by atoms with Gasteiger partial charge in [0.25, 0.3) is 5.91 Å². The van der Waals surface area contributed by atoms with Crippen LogP contribution < -0.4 is 10.6 Å². The van der Waals surface area contributed by atoms with Gasteiger partial charge in [0.05, 0.1) is 5.02 Å². The Labute approximate surface area is 171 Å². The Balaban J connectivity index is 1.30. The number of urea groups is 1. The van der Waals surface area contributed by atoms with Gasteiger partial charge in [-0.25, -0.2) is 9.18 Å². The molecule has 2 aromatic rings. The van der Waals surface area contributed by atoms with Crippen LogP contribution in [0.4, 0.5) is 9.18 Å². The van der Waals surface area contributed by atoms with Crippen molar-refractivity contribution in [1.29, 1.82) is 0 Å². The number of imide groups is 1. The van der Waals surface area contributed by atoms with Crippen molar-refractivity contribution >= 4 is 34.4 Å². The molecule has 1 saturated carbocycles. The van der Waals surface area contributed by atoms with Crippen LogP contribution in [-0.2, 0) is 17.9 Å². The Morgan fingerprint density at radius 1 is 1.28 bits per heavy atom. The third kappa shape index (κ3) is 3.10. The third-order valence-electron chi connectivity index (χ3n) is 6.47. The Kier molecular flexibility index (Phi) is 4.34. The summed E-state index contributed by atoms with van der Waals surface area (Å²) in [5.74, 6) is -0.583. The monoisotopic (exact) mass is 420 g/mol. The Hall–Kier alpha value is -2.16. The van der Waals surface area contributed by atoms with Gasteiger partial charge in [0.2, 0.25) is 0 Å². The second-order valence-corrected chi connectivity index (χ2v) is 8.66. The summed E-state index contributed by atoms with van der Waals surface area (Å²) in [7, 11) is 0. The van der Waals surface area contributed by atoms with E-state index >= 15 is 0 Å². The van der Waals surface area contributed by atoms with Gasteiger partial charge in [0, 0.05) is 36.2 Å². The van der Waals surface area contributed by atoms with Gasteiger partial charge in [0.15, 0.2) is 0 Å². The van der Waals surface area contributed by atoms with E-state index in [9.17, 15) is 19.1 Å². The molecule has 29 heavy (non-hydrogen) atoms. The maximum Gasteiger partial charge on any atom is 0.322 e. The number of nitrogens with one attached hydrogen (secondary N) is 2. The average molecular weight is 421 g/mol. The molecule has 0 bridgehead atoms. The zero-order valence-electron chi connectivity index (χ0n) is 15.8. The minimum absolute atomic E-state index is 0.100.